The molecule has 0 saturated carbocycles. The van der Waals surface area contributed by atoms with Crippen LogP contribution < -0.4 is 5.32 Å². The highest BCUT2D eigenvalue weighted by molar-refractivity contribution is 7.92. The number of rotatable bonds is 5. The van der Waals surface area contributed by atoms with Crippen LogP contribution >= 0.6 is 0 Å². The minimum atomic E-state index is -4.02. The molecule has 2 N–H and O–H groups in total. The zero-order valence-corrected chi connectivity index (χ0v) is 11.7. The largest absolute Gasteiger partial charge is 0.478 e. The van der Waals surface area contributed by atoms with Gasteiger partial charge in [-0.15, -0.1) is 0 Å². The van der Waals surface area contributed by atoms with Gasteiger partial charge in [-0.05, 0) is 32.0 Å². The molecule has 0 aromatic heterocycles. The number of hydrogen-bond donors (Lipinski definition) is 2. The first kappa shape index (κ1) is 16.1. The van der Waals surface area contributed by atoms with Gasteiger partial charge in [0, 0.05) is 6.04 Å². The number of carboxylic acids is 1. The topological polar surface area (TPSA) is 101 Å². The summed E-state index contributed by atoms with van der Waals surface area (Å²) in [6.45, 7) is 3.34. The fraction of sp³-hybridized carbons (Fsp3) is 0.333. The Morgan fingerprint density at radius 2 is 1.95 bits per heavy atom. The van der Waals surface area contributed by atoms with Gasteiger partial charge in [0.2, 0.25) is 5.91 Å². The normalized spacial score (nSPS) is 11.4. The first-order valence-corrected chi connectivity index (χ1v) is 7.33. The molecule has 0 aliphatic carbocycles. The third-order valence-electron chi connectivity index (χ3n) is 2.30. The van der Waals surface area contributed by atoms with Gasteiger partial charge in [0.25, 0.3) is 0 Å². The highest BCUT2D eigenvalue weighted by Crippen LogP contribution is 2.16. The van der Waals surface area contributed by atoms with Gasteiger partial charge >= 0.3 is 5.97 Å². The molecular formula is C12H14FNO5S. The molecule has 0 spiro atoms. The van der Waals surface area contributed by atoms with Crippen molar-refractivity contribution in [3.63, 3.8) is 0 Å². The van der Waals surface area contributed by atoms with Gasteiger partial charge in [0.1, 0.15) is 11.6 Å². The molecule has 0 aliphatic heterocycles. The number of amides is 1. The van der Waals surface area contributed by atoms with Crippen LogP contribution in [0.5, 0.6) is 0 Å². The van der Waals surface area contributed by atoms with Crippen molar-refractivity contribution in [2.24, 2.45) is 0 Å². The number of halogens is 1. The minimum absolute atomic E-state index is 0.222. The molecule has 0 bridgehead atoms. The Hall–Kier alpha value is -1.96. The molecule has 0 radical (unpaired) electrons. The van der Waals surface area contributed by atoms with Crippen molar-refractivity contribution in [2.45, 2.75) is 24.8 Å². The quantitative estimate of drug-likeness (QED) is 0.784. The van der Waals surface area contributed by atoms with Gasteiger partial charge in [-0.3, -0.25) is 4.79 Å². The highest BCUT2D eigenvalue weighted by atomic mass is 32.2. The van der Waals surface area contributed by atoms with E-state index in [-0.39, 0.29) is 6.04 Å². The SMILES string of the molecule is CC(C)NC(=O)CS(=O)(=O)c1ccc(F)c(C(=O)O)c1. The number of hydrogen-bond acceptors (Lipinski definition) is 4. The van der Waals surface area contributed by atoms with E-state index in [1.807, 2.05) is 0 Å². The number of carboxylic acid groups (broad SMARTS) is 1. The average molecular weight is 303 g/mol. The van der Waals surface area contributed by atoms with Crippen LogP contribution in [-0.4, -0.2) is 37.2 Å². The molecule has 0 heterocycles. The summed E-state index contributed by atoms with van der Waals surface area (Å²) in [6.07, 6.45) is 0. The molecule has 1 aromatic carbocycles. The standard InChI is InChI=1S/C12H14FNO5S/c1-7(2)14-11(15)6-20(18,19)8-3-4-10(13)9(5-8)12(16)17/h3-5,7H,6H2,1-2H3,(H,14,15)(H,16,17). The third kappa shape index (κ3) is 4.02. The van der Waals surface area contributed by atoms with Crippen LogP contribution in [0.2, 0.25) is 0 Å². The first-order valence-electron chi connectivity index (χ1n) is 5.68. The second-order valence-corrected chi connectivity index (χ2v) is 6.42. The highest BCUT2D eigenvalue weighted by Gasteiger charge is 2.22. The maximum Gasteiger partial charge on any atom is 0.338 e. The van der Waals surface area contributed by atoms with Crippen LogP contribution in [0.25, 0.3) is 0 Å². The van der Waals surface area contributed by atoms with Crippen molar-refractivity contribution in [1.82, 2.24) is 5.32 Å². The fourth-order valence-electron chi connectivity index (χ4n) is 1.48. The summed E-state index contributed by atoms with van der Waals surface area (Å²) in [5.41, 5.74) is -0.754. The molecule has 0 saturated heterocycles. The smallest absolute Gasteiger partial charge is 0.338 e. The van der Waals surface area contributed by atoms with Crippen LogP contribution in [0.1, 0.15) is 24.2 Å². The maximum absolute atomic E-state index is 13.2. The summed E-state index contributed by atoms with van der Waals surface area (Å²) in [7, 11) is -4.02. The second-order valence-electron chi connectivity index (χ2n) is 4.43. The van der Waals surface area contributed by atoms with Gasteiger partial charge in [0.05, 0.1) is 10.5 Å². The fourth-order valence-corrected chi connectivity index (χ4v) is 2.65. The van der Waals surface area contributed by atoms with Crippen molar-refractivity contribution in [2.75, 3.05) is 5.75 Å². The number of carbonyl (C=O) groups excluding carboxylic acids is 1. The monoisotopic (exact) mass is 303 g/mol. The van der Waals surface area contributed by atoms with Crippen molar-refractivity contribution in [3.8, 4) is 0 Å². The molecule has 8 heteroatoms. The van der Waals surface area contributed by atoms with E-state index < -0.39 is 43.7 Å². The predicted octanol–water partition coefficient (Wildman–Crippen LogP) is 0.822. The predicted molar refractivity (Wildman–Crippen MR) is 68.7 cm³/mol. The summed E-state index contributed by atoms with van der Waals surface area (Å²) < 4.78 is 37.1. The van der Waals surface area contributed by atoms with Crippen molar-refractivity contribution in [1.29, 1.82) is 0 Å². The van der Waals surface area contributed by atoms with Crippen LogP contribution in [-0.2, 0) is 14.6 Å². The summed E-state index contributed by atoms with van der Waals surface area (Å²) in [5, 5.41) is 11.2. The van der Waals surface area contributed by atoms with Crippen LogP contribution in [0.15, 0.2) is 23.1 Å². The van der Waals surface area contributed by atoms with E-state index in [9.17, 15) is 22.4 Å². The van der Waals surface area contributed by atoms with E-state index >= 15 is 0 Å². The zero-order chi connectivity index (χ0) is 15.5. The number of sulfone groups is 1. The molecule has 0 atom stereocenters. The molecule has 0 aliphatic rings. The van der Waals surface area contributed by atoms with E-state index in [1.54, 1.807) is 13.8 Å². The maximum atomic E-state index is 13.2. The summed E-state index contributed by atoms with van der Waals surface area (Å²) >= 11 is 0. The lowest BCUT2D eigenvalue weighted by Crippen LogP contribution is -2.35. The molecule has 20 heavy (non-hydrogen) atoms. The van der Waals surface area contributed by atoms with E-state index in [0.29, 0.717) is 6.07 Å². The molecular weight excluding hydrogens is 289 g/mol. The van der Waals surface area contributed by atoms with Gasteiger partial charge in [-0.25, -0.2) is 17.6 Å². The Morgan fingerprint density at radius 3 is 2.45 bits per heavy atom. The second kappa shape index (κ2) is 6.00. The summed E-state index contributed by atoms with van der Waals surface area (Å²) in [5.74, 6) is -4.15. The van der Waals surface area contributed by atoms with Crippen molar-refractivity contribution >= 4 is 21.7 Å². The number of aromatic carboxylic acids is 1. The molecule has 1 rings (SSSR count). The van der Waals surface area contributed by atoms with Crippen molar-refractivity contribution < 1.29 is 27.5 Å². The van der Waals surface area contributed by atoms with E-state index in [4.69, 9.17) is 5.11 Å². The Morgan fingerprint density at radius 1 is 1.35 bits per heavy atom. The lowest BCUT2D eigenvalue weighted by atomic mass is 10.2. The third-order valence-corrected chi connectivity index (χ3v) is 3.91. The first-order chi connectivity index (χ1) is 9.13. The zero-order valence-electron chi connectivity index (χ0n) is 10.9. The average Bonchev–Trinajstić information content (AvgIpc) is 2.26. The van der Waals surface area contributed by atoms with E-state index in [1.165, 1.54) is 0 Å². The number of benzene rings is 1. The summed E-state index contributed by atoms with van der Waals surface area (Å²) in [6, 6.07) is 2.16. The molecule has 6 nitrogen and oxygen atoms in total. The Bertz CT molecular complexity index is 639. The number of carbonyl (C=O) groups is 2. The van der Waals surface area contributed by atoms with Gasteiger partial charge in [-0.1, -0.05) is 0 Å². The van der Waals surface area contributed by atoms with E-state index in [0.717, 1.165) is 12.1 Å². The summed E-state index contributed by atoms with van der Waals surface area (Å²) in [4.78, 5) is 21.8. The Kier molecular flexibility index (Phi) is 4.83. The lowest BCUT2D eigenvalue weighted by molar-refractivity contribution is -0.119. The number of nitrogens with one attached hydrogen (secondary N) is 1. The Labute approximate surface area is 115 Å². The van der Waals surface area contributed by atoms with Crippen LogP contribution in [0, 0.1) is 5.82 Å². The molecule has 1 aromatic rings. The Balaban J connectivity index is 3.07. The molecule has 1 amide bonds. The van der Waals surface area contributed by atoms with Crippen molar-refractivity contribution in [3.05, 3.63) is 29.6 Å². The lowest BCUT2D eigenvalue weighted by Gasteiger charge is -2.09. The molecule has 110 valence electrons. The van der Waals surface area contributed by atoms with Gasteiger partial charge < -0.3 is 10.4 Å². The van der Waals surface area contributed by atoms with Gasteiger partial charge in [-0.2, -0.15) is 0 Å². The van der Waals surface area contributed by atoms with E-state index in [2.05, 4.69) is 5.32 Å². The van der Waals surface area contributed by atoms with Gasteiger partial charge in [0.15, 0.2) is 9.84 Å². The molecule has 0 fully saturated rings. The van der Waals surface area contributed by atoms with Crippen LogP contribution in [0.3, 0.4) is 0 Å². The minimum Gasteiger partial charge on any atom is -0.478 e. The molecule has 0 unspecified atom stereocenters. The van der Waals surface area contributed by atoms with Crippen LogP contribution in [0.4, 0.5) is 4.39 Å².